The summed E-state index contributed by atoms with van der Waals surface area (Å²) in [6.07, 6.45) is 0. The number of rotatable bonds is 5. The van der Waals surface area contributed by atoms with Crippen LogP contribution in [-0.2, 0) is 13.1 Å². The molecule has 0 atom stereocenters. The number of fused-ring (bicyclic) bond motifs is 6. The van der Waals surface area contributed by atoms with Crippen molar-refractivity contribution in [2.45, 2.75) is 40.8 Å². The topological polar surface area (TPSA) is 9.86 Å². The third-order valence-corrected chi connectivity index (χ3v) is 6.97. The van der Waals surface area contributed by atoms with Gasteiger partial charge in [0.05, 0.1) is 0 Å². The van der Waals surface area contributed by atoms with Crippen molar-refractivity contribution < 1.29 is 0 Å². The average molecular weight is 445 g/mol. The zero-order valence-corrected chi connectivity index (χ0v) is 20.5. The van der Waals surface area contributed by atoms with E-state index in [1.807, 2.05) is 0 Å². The normalized spacial score (nSPS) is 12.3. The molecule has 0 radical (unpaired) electrons. The maximum absolute atomic E-state index is 2.49. The lowest BCUT2D eigenvalue weighted by Crippen LogP contribution is -2.03. The van der Waals surface area contributed by atoms with Crippen molar-refractivity contribution in [1.29, 1.82) is 0 Å². The van der Waals surface area contributed by atoms with Crippen molar-refractivity contribution in [3.63, 3.8) is 0 Å². The Kier molecular flexibility index (Phi) is 4.99. The molecule has 0 amide bonds. The first-order valence-electron chi connectivity index (χ1n) is 12.5. The minimum absolute atomic E-state index is 0.601. The van der Waals surface area contributed by atoms with Gasteiger partial charge in [0, 0.05) is 56.7 Å². The molecule has 0 aliphatic heterocycles. The molecule has 2 heteroatoms. The molecule has 34 heavy (non-hydrogen) atoms. The van der Waals surface area contributed by atoms with Crippen LogP contribution in [0.2, 0.25) is 0 Å². The minimum Gasteiger partial charge on any atom is -0.340 e. The van der Waals surface area contributed by atoms with Crippen molar-refractivity contribution in [2.75, 3.05) is 0 Å². The summed E-state index contributed by atoms with van der Waals surface area (Å²) in [5, 5.41) is 5.37. The third kappa shape index (κ3) is 3.32. The van der Waals surface area contributed by atoms with Gasteiger partial charge in [-0.1, -0.05) is 76.2 Å². The first-order valence-corrected chi connectivity index (χ1v) is 12.5. The third-order valence-electron chi connectivity index (χ3n) is 6.97. The highest BCUT2D eigenvalue weighted by molar-refractivity contribution is 6.11. The van der Waals surface area contributed by atoms with Gasteiger partial charge in [-0.2, -0.15) is 0 Å². The molecule has 0 saturated heterocycles. The summed E-state index contributed by atoms with van der Waals surface area (Å²) in [6.45, 7) is 11.2. The molecule has 4 aromatic carbocycles. The van der Waals surface area contributed by atoms with Crippen molar-refractivity contribution in [3.8, 4) is 11.1 Å². The van der Waals surface area contributed by atoms with Crippen LogP contribution in [0, 0.1) is 11.8 Å². The lowest BCUT2D eigenvalue weighted by molar-refractivity contribution is 0.545. The zero-order chi connectivity index (χ0) is 23.4. The minimum atomic E-state index is 0.601. The van der Waals surface area contributed by atoms with Crippen molar-refractivity contribution in [2.24, 2.45) is 11.8 Å². The largest absolute Gasteiger partial charge is 0.340 e. The standard InChI is InChI=1S/C32H32N2/c1-21(2)19-33-29-11-7-5-9-25(29)27-17-23(13-15-31(27)33)24-14-16-32-28(18-24)26-10-6-8-12-30(26)34(32)20-22(3)4/h5-18,21-22H,19-20H2,1-4H3. The van der Waals surface area contributed by atoms with Gasteiger partial charge < -0.3 is 9.13 Å². The van der Waals surface area contributed by atoms with Gasteiger partial charge in [-0.05, 0) is 59.4 Å². The predicted octanol–water partition coefficient (Wildman–Crippen LogP) is 8.88. The second-order valence-electron chi connectivity index (χ2n) is 10.5. The summed E-state index contributed by atoms with van der Waals surface area (Å²) in [4.78, 5) is 0. The van der Waals surface area contributed by atoms with E-state index in [0.717, 1.165) is 13.1 Å². The Morgan fingerprint density at radius 1 is 0.471 bits per heavy atom. The molecule has 170 valence electrons. The molecule has 2 heterocycles. The SMILES string of the molecule is CC(C)Cn1c2ccccc2c2cc(-c3ccc4c(c3)c3ccccc3n4CC(C)C)ccc21. The van der Waals surface area contributed by atoms with Gasteiger partial charge in [0.25, 0.3) is 0 Å². The molecule has 6 rings (SSSR count). The monoisotopic (exact) mass is 444 g/mol. The van der Waals surface area contributed by atoms with Gasteiger partial charge in [0.15, 0.2) is 0 Å². The number of hydrogen-bond donors (Lipinski definition) is 0. The lowest BCUT2D eigenvalue weighted by Gasteiger charge is -2.11. The summed E-state index contributed by atoms with van der Waals surface area (Å²) in [5.41, 5.74) is 7.87. The number of hydrogen-bond acceptors (Lipinski definition) is 0. The summed E-state index contributed by atoms with van der Waals surface area (Å²) < 4.78 is 4.98. The number of nitrogens with zero attached hydrogens (tertiary/aromatic N) is 2. The van der Waals surface area contributed by atoms with E-state index in [1.54, 1.807) is 0 Å². The molecule has 0 bridgehead atoms. The van der Waals surface area contributed by atoms with E-state index in [4.69, 9.17) is 0 Å². The second kappa shape index (κ2) is 8.06. The second-order valence-corrected chi connectivity index (χ2v) is 10.5. The van der Waals surface area contributed by atoms with Gasteiger partial charge in [0.1, 0.15) is 0 Å². The van der Waals surface area contributed by atoms with E-state index in [2.05, 4.69) is 122 Å². The number of benzene rings is 4. The van der Waals surface area contributed by atoms with Crippen LogP contribution in [0.15, 0.2) is 84.9 Å². The molecule has 2 aromatic heterocycles. The highest BCUT2D eigenvalue weighted by atomic mass is 15.0. The predicted molar refractivity (Wildman–Crippen MR) is 148 cm³/mol. The quantitative estimate of drug-likeness (QED) is 0.251. The van der Waals surface area contributed by atoms with E-state index in [-0.39, 0.29) is 0 Å². The lowest BCUT2D eigenvalue weighted by atomic mass is 10.0. The fourth-order valence-corrected chi connectivity index (χ4v) is 5.59. The van der Waals surface area contributed by atoms with Crippen LogP contribution in [-0.4, -0.2) is 9.13 Å². The summed E-state index contributed by atoms with van der Waals surface area (Å²) in [7, 11) is 0. The fourth-order valence-electron chi connectivity index (χ4n) is 5.59. The van der Waals surface area contributed by atoms with Gasteiger partial charge in [0.2, 0.25) is 0 Å². The van der Waals surface area contributed by atoms with Gasteiger partial charge in [-0.25, -0.2) is 0 Å². The van der Waals surface area contributed by atoms with E-state index in [0.29, 0.717) is 11.8 Å². The molecule has 0 spiro atoms. The van der Waals surface area contributed by atoms with Crippen LogP contribution in [0.3, 0.4) is 0 Å². The first kappa shape index (κ1) is 21.0. The van der Waals surface area contributed by atoms with Crippen molar-refractivity contribution in [3.05, 3.63) is 84.9 Å². The van der Waals surface area contributed by atoms with Crippen LogP contribution >= 0.6 is 0 Å². The van der Waals surface area contributed by atoms with Crippen LogP contribution in [0.25, 0.3) is 54.7 Å². The fraction of sp³-hybridized carbons (Fsp3) is 0.250. The maximum atomic E-state index is 2.49. The van der Waals surface area contributed by atoms with E-state index >= 15 is 0 Å². The van der Waals surface area contributed by atoms with Crippen molar-refractivity contribution >= 4 is 43.6 Å². The molecule has 2 nitrogen and oxygen atoms in total. The Morgan fingerprint density at radius 2 is 0.853 bits per heavy atom. The molecule has 0 aliphatic carbocycles. The molecular weight excluding hydrogens is 412 g/mol. The van der Waals surface area contributed by atoms with Crippen molar-refractivity contribution in [1.82, 2.24) is 9.13 Å². The Balaban J connectivity index is 1.56. The summed E-state index contributed by atoms with van der Waals surface area (Å²) in [6, 6.07) is 31.7. The number of para-hydroxylation sites is 2. The van der Waals surface area contributed by atoms with Gasteiger partial charge in [-0.3, -0.25) is 0 Å². The Bertz CT molecular complexity index is 1530. The summed E-state index contributed by atoms with van der Waals surface area (Å²) in [5.74, 6) is 1.20. The highest BCUT2D eigenvalue weighted by Crippen LogP contribution is 2.36. The molecular formula is C32H32N2. The first-order chi connectivity index (χ1) is 16.5. The highest BCUT2D eigenvalue weighted by Gasteiger charge is 2.15. The van der Waals surface area contributed by atoms with Crippen LogP contribution < -0.4 is 0 Å². The van der Waals surface area contributed by atoms with E-state index in [9.17, 15) is 0 Å². The molecule has 6 aromatic rings. The number of aromatic nitrogens is 2. The average Bonchev–Trinajstić information content (AvgIpc) is 3.31. The van der Waals surface area contributed by atoms with Gasteiger partial charge in [-0.15, -0.1) is 0 Å². The van der Waals surface area contributed by atoms with E-state index in [1.165, 1.54) is 54.7 Å². The van der Waals surface area contributed by atoms with Crippen LogP contribution in [0.5, 0.6) is 0 Å². The summed E-state index contributed by atoms with van der Waals surface area (Å²) >= 11 is 0. The molecule has 0 unspecified atom stereocenters. The molecule has 0 aliphatic rings. The van der Waals surface area contributed by atoms with Crippen LogP contribution in [0.1, 0.15) is 27.7 Å². The molecule has 0 N–H and O–H groups in total. The zero-order valence-electron chi connectivity index (χ0n) is 20.5. The Labute approximate surface area is 201 Å². The van der Waals surface area contributed by atoms with E-state index < -0.39 is 0 Å². The van der Waals surface area contributed by atoms with Gasteiger partial charge >= 0.3 is 0 Å². The smallest absolute Gasteiger partial charge is 0.0491 e. The molecule has 0 saturated carbocycles. The Morgan fingerprint density at radius 3 is 1.26 bits per heavy atom. The molecule has 0 fully saturated rings. The van der Waals surface area contributed by atoms with Crippen LogP contribution in [0.4, 0.5) is 0 Å². The maximum Gasteiger partial charge on any atom is 0.0491 e. The Hall–Kier alpha value is -3.52.